The summed E-state index contributed by atoms with van der Waals surface area (Å²) in [5, 5.41) is 5.90. The van der Waals surface area contributed by atoms with Crippen LogP contribution in [0.15, 0.2) is 109 Å². The van der Waals surface area contributed by atoms with Crippen LogP contribution in [0.5, 0.6) is 0 Å². The van der Waals surface area contributed by atoms with Gasteiger partial charge in [0.25, 0.3) is 0 Å². The Morgan fingerprint density at radius 3 is 2.09 bits per heavy atom. The van der Waals surface area contributed by atoms with Crippen molar-refractivity contribution < 1.29 is 4.79 Å². The minimum absolute atomic E-state index is 0.0527. The van der Waals surface area contributed by atoms with Crippen molar-refractivity contribution in [1.29, 1.82) is 0 Å². The van der Waals surface area contributed by atoms with Crippen LogP contribution in [0.3, 0.4) is 0 Å². The number of rotatable bonds is 3. The van der Waals surface area contributed by atoms with Crippen molar-refractivity contribution in [3.63, 3.8) is 0 Å². The fraction of sp³-hybridized carbons (Fsp3) is 0.0323. The van der Waals surface area contributed by atoms with Gasteiger partial charge in [-0.1, -0.05) is 66.7 Å². The van der Waals surface area contributed by atoms with E-state index < -0.39 is 0 Å². The van der Waals surface area contributed by atoms with Crippen LogP contribution in [0.2, 0.25) is 0 Å². The summed E-state index contributed by atoms with van der Waals surface area (Å²) in [6.45, 7) is 1.63. The van der Waals surface area contributed by atoms with E-state index in [0.717, 1.165) is 33.2 Å². The molecule has 0 saturated carbocycles. The highest BCUT2D eigenvalue weighted by Crippen LogP contribution is 2.37. The van der Waals surface area contributed by atoms with E-state index in [4.69, 9.17) is 0 Å². The quantitative estimate of drug-likeness (QED) is 0.213. The molecule has 6 aromatic rings. The van der Waals surface area contributed by atoms with Crippen molar-refractivity contribution in [1.82, 2.24) is 4.98 Å². The summed E-state index contributed by atoms with van der Waals surface area (Å²) in [7, 11) is 0. The van der Waals surface area contributed by atoms with Crippen LogP contribution < -0.4 is 0 Å². The van der Waals surface area contributed by atoms with Gasteiger partial charge >= 0.3 is 0 Å². The molecular formula is C31H21NO. The zero-order chi connectivity index (χ0) is 22.4. The third-order valence-corrected chi connectivity index (χ3v) is 6.34. The Morgan fingerprint density at radius 2 is 1.27 bits per heavy atom. The number of para-hydroxylation sites is 1. The van der Waals surface area contributed by atoms with Crippen molar-refractivity contribution >= 4 is 38.2 Å². The number of hydrogen-bond donors (Lipinski definition) is 0. The maximum absolute atomic E-state index is 12.5. The average molecular weight is 424 g/mol. The van der Waals surface area contributed by atoms with Gasteiger partial charge in [0.2, 0.25) is 0 Å². The van der Waals surface area contributed by atoms with Crippen LogP contribution in [-0.2, 0) is 0 Å². The molecule has 0 unspecified atom stereocenters. The Kier molecular flexibility index (Phi) is 4.51. The van der Waals surface area contributed by atoms with Gasteiger partial charge in [-0.25, -0.2) is 0 Å². The third kappa shape index (κ3) is 3.37. The lowest BCUT2D eigenvalue weighted by Gasteiger charge is -2.14. The number of carbonyl (C=O) groups is 1. The van der Waals surface area contributed by atoms with Crippen molar-refractivity contribution in [3.05, 3.63) is 115 Å². The summed E-state index contributed by atoms with van der Waals surface area (Å²) in [5.74, 6) is 0.0527. The average Bonchev–Trinajstić information content (AvgIpc) is 2.87. The predicted octanol–water partition coefficient (Wildman–Crippen LogP) is 8.08. The molecule has 5 aromatic carbocycles. The Morgan fingerprint density at radius 1 is 0.606 bits per heavy atom. The number of ketones is 1. The van der Waals surface area contributed by atoms with Crippen LogP contribution >= 0.6 is 0 Å². The van der Waals surface area contributed by atoms with Gasteiger partial charge in [-0.3, -0.25) is 9.78 Å². The van der Waals surface area contributed by atoms with Crippen LogP contribution in [-0.4, -0.2) is 10.8 Å². The first-order valence-corrected chi connectivity index (χ1v) is 11.1. The summed E-state index contributed by atoms with van der Waals surface area (Å²) < 4.78 is 0. The largest absolute Gasteiger partial charge is 0.295 e. The van der Waals surface area contributed by atoms with E-state index in [1.54, 1.807) is 6.92 Å². The lowest BCUT2D eigenvalue weighted by atomic mass is 9.90. The zero-order valence-corrected chi connectivity index (χ0v) is 18.2. The van der Waals surface area contributed by atoms with Gasteiger partial charge in [0, 0.05) is 22.7 Å². The molecule has 0 radical (unpaired) electrons. The highest BCUT2D eigenvalue weighted by molar-refractivity contribution is 6.14. The number of nitrogens with zero attached hydrogens (tertiary/aromatic N) is 1. The highest BCUT2D eigenvalue weighted by atomic mass is 16.1. The molecule has 0 aliphatic heterocycles. The third-order valence-electron chi connectivity index (χ3n) is 6.34. The van der Waals surface area contributed by atoms with Crippen LogP contribution in [0.1, 0.15) is 17.3 Å². The van der Waals surface area contributed by atoms with Gasteiger partial charge in [-0.15, -0.1) is 0 Å². The van der Waals surface area contributed by atoms with E-state index in [2.05, 4.69) is 77.8 Å². The molecule has 0 bridgehead atoms. The number of aromatic nitrogens is 1. The normalized spacial score (nSPS) is 11.3. The smallest absolute Gasteiger partial charge is 0.159 e. The highest BCUT2D eigenvalue weighted by Gasteiger charge is 2.13. The van der Waals surface area contributed by atoms with E-state index in [1.807, 2.05) is 36.5 Å². The SMILES string of the molecule is CC(=O)c1cc(-c2cnc3ccccc3c2)cc(-c2cc3ccccc3c3ccccc23)c1. The van der Waals surface area contributed by atoms with Crippen molar-refractivity contribution in [3.8, 4) is 22.3 Å². The van der Waals surface area contributed by atoms with Gasteiger partial charge < -0.3 is 0 Å². The fourth-order valence-corrected chi connectivity index (χ4v) is 4.68. The molecule has 0 N–H and O–H groups in total. The Bertz CT molecular complexity index is 1700. The summed E-state index contributed by atoms with van der Waals surface area (Å²) >= 11 is 0. The van der Waals surface area contributed by atoms with Gasteiger partial charge in [0.1, 0.15) is 0 Å². The summed E-state index contributed by atoms with van der Waals surface area (Å²) in [5.41, 5.74) is 5.82. The summed E-state index contributed by atoms with van der Waals surface area (Å²) in [6, 6.07) is 35.6. The van der Waals surface area contributed by atoms with Gasteiger partial charge in [-0.05, 0) is 81.6 Å². The van der Waals surface area contributed by atoms with Gasteiger partial charge in [0.05, 0.1) is 5.52 Å². The first-order chi connectivity index (χ1) is 16.2. The second-order valence-electron chi connectivity index (χ2n) is 8.46. The molecule has 0 saturated heterocycles. The van der Waals surface area contributed by atoms with Crippen molar-refractivity contribution in [2.75, 3.05) is 0 Å². The number of pyridine rings is 1. The number of carbonyl (C=O) groups excluding carboxylic acids is 1. The lowest BCUT2D eigenvalue weighted by molar-refractivity contribution is 0.101. The molecule has 0 fully saturated rings. The molecule has 0 spiro atoms. The van der Waals surface area contributed by atoms with Crippen LogP contribution in [0.4, 0.5) is 0 Å². The minimum atomic E-state index is 0.0527. The van der Waals surface area contributed by atoms with E-state index in [1.165, 1.54) is 21.5 Å². The maximum atomic E-state index is 12.5. The molecule has 1 aromatic heterocycles. The zero-order valence-electron chi connectivity index (χ0n) is 18.2. The molecule has 0 aliphatic carbocycles. The molecular weight excluding hydrogens is 402 g/mol. The summed E-state index contributed by atoms with van der Waals surface area (Å²) in [6.07, 6.45) is 1.89. The Balaban J connectivity index is 1.64. The molecule has 2 heteroatoms. The first kappa shape index (κ1) is 19.4. The van der Waals surface area contributed by atoms with E-state index in [-0.39, 0.29) is 5.78 Å². The van der Waals surface area contributed by atoms with E-state index in [9.17, 15) is 4.79 Å². The van der Waals surface area contributed by atoms with E-state index in [0.29, 0.717) is 5.56 Å². The molecule has 1 heterocycles. The topological polar surface area (TPSA) is 30.0 Å². The number of hydrogen-bond acceptors (Lipinski definition) is 2. The Hall–Kier alpha value is -4.30. The van der Waals surface area contributed by atoms with E-state index >= 15 is 0 Å². The number of Topliss-reactive ketones (excluding diaryl/α,β-unsaturated/α-hetero) is 1. The van der Waals surface area contributed by atoms with Crippen LogP contribution in [0.25, 0.3) is 54.7 Å². The van der Waals surface area contributed by atoms with Gasteiger partial charge in [0.15, 0.2) is 5.78 Å². The standard InChI is InChI=1S/C31H21NO/c1-20(33)23-15-24(26-14-22-9-3-7-13-31(22)32-19-26)17-25(16-23)30-18-21-8-2-4-10-27(21)28-11-5-6-12-29(28)30/h2-19H,1H3. The maximum Gasteiger partial charge on any atom is 0.159 e. The molecule has 0 amide bonds. The van der Waals surface area contributed by atoms with Crippen molar-refractivity contribution in [2.24, 2.45) is 0 Å². The fourth-order valence-electron chi connectivity index (χ4n) is 4.68. The molecule has 6 rings (SSSR count). The summed E-state index contributed by atoms with van der Waals surface area (Å²) in [4.78, 5) is 17.1. The molecule has 0 aliphatic rings. The molecule has 156 valence electrons. The Labute approximate surface area is 192 Å². The molecule has 0 atom stereocenters. The molecule has 2 nitrogen and oxygen atoms in total. The monoisotopic (exact) mass is 423 g/mol. The second kappa shape index (κ2) is 7.68. The van der Waals surface area contributed by atoms with Gasteiger partial charge in [-0.2, -0.15) is 0 Å². The van der Waals surface area contributed by atoms with Crippen molar-refractivity contribution in [2.45, 2.75) is 6.92 Å². The predicted molar refractivity (Wildman–Crippen MR) is 138 cm³/mol. The lowest BCUT2D eigenvalue weighted by Crippen LogP contribution is -1.95. The molecule has 33 heavy (non-hydrogen) atoms. The van der Waals surface area contributed by atoms with Crippen LogP contribution in [0, 0.1) is 0 Å². The number of benzene rings is 5. The first-order valence-electron chi connectivity index (χ1n) is 11.1. The number of fused-ring (bicyclic) bond motifs is 4. The second-order valence-corrected chi connectivity index (χ2v) is 8.46. The minimum Gasteiger partial charge on any atom is -0.295 e.